The number of aliphatic hydroxyl groups excluding tert-OH is 1. The van der Waals surface area contributed by atoms with Gasteiger partial charge in [0.25, 0.3) is 5.91 Å². The van der Waals surface area contributed by atoms with Gasteiger partial charge in [-0.25, -0.2) is 26.3 Å². The van der Waals surface area contributed by atoms with E-state index in [1.807, 2.05) is 0 Å². The summed E-state index contributed by atoms with van der Waals surface area (Å²) in [6.45, 7) is 0. The van der Waals surface area contributed by atoms with Gasteiger partial charge in [0.2, 0.25) is 10.0 Å². The molecule has 3 N–H and O–H groups in total. The summed E-state index contributed by atoms with van der Waals surface area (Å²) in [5.41, 5.74) is -0.401. The lowest BCUT2D eigenvalue weighted by Gasteiger charge is -2.17. The minimum absolute atomic E-state index is 0.0833. The molecule has 1 aliphatic rings. The molecule has 1 saturated carbocycles. The van der Waals surface area contributed by atoms with Crippen LogP contribution < -0.4 is 10.0 Å². The summed E-state index contributed by atoms with van der Waals surface area (Å²) in [4.78, 5) is 12.1. The third kappa shape index (κ3) is 4.34. The molecule has 0 aliphatic heterocycles. The van der Waals surface area contributed by atoms with Gasteiger partial charge in [-0.2, -0.15) is 0 Å². The zero-order valence-corrected chi connectivity index (χ0v) is 15.3. The summed E-state index contributed by atoms with van der Waals surface area (Å²) in [6, 6.07) is 5.63. The van der Waals surface area contributed by atoms with Gasteiger partial charge in [-0.15, -0.1) is 0 Å². The van der Waals surface area contributed by atoms with Crippen molar-refractivity contribution in [2.24, 2.45) is 0 Å². The minimum Gasteiger partial charge on any atom is -0.391 e. The minimum atomic E-state index is -3.98. The molecule has 3 rings (SSSR count). The Kier molecular flexibility index (Phi) is 5.73. The van der Waals surface area contributed by atoms with E-state index in [1.165, 1.54) is 18.2 Å². The number of carbonyl (C=O) groups is 1. The molecular formula is C18H17F3N2O4S. The van der Waals surface area contributed by atoms with Crippen LogP contribution in [-0.4, -0.2) is 31.6 Å². The lowest BCUT2D eigenvalue weighted by Crippen LogP contribution is -2.39. The molecule has 1 fully saturated rings. The highest BCUT2D eigenvalue weighted by Gasteiger charge is 2.30. The van der Waals surface area contributed by atoms with E-state index in [0.29, 0.717) is 31.4 Å². The molecule has 0 saturated heterocycles. The van der Waals surface area contributed by atoms with Crippen LogP contribution in [-0.2, 0) is 10.0 Å². The zero-order chi connectivity index (χ0) is 20.5. The van der Waals surface area contributed by atoms with Crippen LogP contribution >= 0.6 is 0 Å². The maximum absolute atomic E-state index is 13.3. The van der Waals surface area contributed by atoms with Gasteiger partial charge in [0.1, 0.15) is 0 Å². The highest BCUT2D eigenvalue weighted by atomic mass is 32.2. The largest absolute Gasteiger partial charge is 0.391 e. The van der Waals surface area contributed by atoms with Gasteiger partial charge in [0, 0.05) is 29.4 Å². The van der Waals surface area contributed by atoms with Crippen molar-refractivity contribution in [3.8, 4) is 0 Å². The van der Waals surface area contributed by atoms with Crippen molar-refractivity contribution in [3.05, 3.63) is 59.4 Å². The fourth-order valence-corrected chi connectivity index (χ4v) is 4.33. The van der Waals surface area contributed by atoms with Crippen LogP contribution in [0.1, 0.15) is 29.6 Å². The molecule has 28 heavy (non-hydrogen) atoms. The van der Waals surface area contributed by atoms with E-state index < -0.39 is 45.5 Å². The molecule has 0 spiro atoms. The van der Waals surface area contributed by atoms with Crippen molar-refractivity contribution >= 4 is 21.6 Å². The molecular weight excluding hydrogens is 397 g/mol. The predicted octanol–water partition coefficient (Wildman–Crippen LogP) is 2.55. The van der Waals surface area contributed by atoms with Crippen molar-refractivity contribution in [3.63, 3.8) is 0 Å². The van der Waals surface area contributed by atoms with E-state index in [4.69, 9.17) is 0 Å². The predicted molar refractivity (Wildman–Crippen MR) is 94.7 cm³/mol. The second kappa shape index (κ2) is 7.90. The normalized spacial score (nSPS) is 19.6. The molecule has 2 atom stereocenters. The molecule has 0 bridgehead atoms. The molecule has 0 radical (unpaired) electrons. The van der Waals surface area contributed by atoms with Gasteiger partial charge < -0.3 is 10.4 Å². The van der Waals surface area contributed by atoms with Crippen LogP contribution in [0.3, 0.4) is 0 Å². The number of hydrogen-bond acceptors (Lipinski definition) is 4. The Labute approximate surface area is 159 Å². The van der Waals surface area contributed by atoms with Crippen molar-refractivity contribution in [1.29, 1.82) is 0 Å². The molecule has 2 unspecified atom stereocenters. The van der Waals surface area contributed by atoms with Gasteiger partial charge in [-0.05, 0) is 37.5 Å². The summed E-state index contributed by atoms with van der Waals surface area (Å²) in [5.74, 6) is -5.42. The number of rotatable bonds is 5. The molecule has 1 aliphatic carbocycles. The van der Waals surface area contributed by atoms with Gasteiger partial charge in [-0.3, -0.25) is 4.79 Å². The van der Waals surface area contributed by atoms with E-state index in [-0.39, 0.29) is 16.1 Å². The standard InChI is InChI=1S/C18H17F3N2O4S/c19-13-8-11(9-14(20)17(13)21)22-18(25)10-3-1-4-12(7-10)28(26,27)23-15-5-2-6-16(15)24/h1,3-4,7-9,15-16,23-24H,2,5-6H2,(H,22,25). The molecule has 150 valence electrons. The van der Waals surface area contributed by atoms with E-state index in [0.717, 1.165) is 6.07 Å². The van der Waals surface area contributed by atoms with Gasteiger partial charge in [0.05, 0.1) is 11.0 Å². The van der Waals surface area contributed by atoms with Crippen molar-refractivity contribution in [2.45, 2.75) is 36.3 Å². The smallest absolute Gasteiger partial charge is 0.255 e. The maximum atomic E-state index is 13.3. The molecule has 1 amide bonds. The molecule has 2 aromatic carbocycles. The number of benzene rings is 2. The number of hydrogen-bond donors (Lipinski definition) is 3. The van der Waals surface area contributed by atoms with Crippen molar-refractivity contribution in [2.75, 3.05) is 5.32 Å². The van der Waals surface area contributed by atoms with Crippen LogP contribution in [0, 0.1) is 17.5 Å². The first-order chi connectivity index (χ1) is 13.2. The van der Waals surface area contributed by atoms with Crippen molar-refractivity contribution in [1.82, 2.24) is 4.72 Å². The summed E-state index contributed by atoms with van der Waals surface area (Å²) in [5, 5.41) is 12.0. The van der Waals surface area contributed by atoms with Crippen LogP contribution in [0.4, 0.5) is 18.9 Å². The van der Waals surface area contributed by atoms with Crippen molar-refractivity contribution < 1.29 is 31.5 Å². The quantitative estimate of drug-likeness (QED) is 0.656. The number of halogens is 3. The Hall–Kier alpha value is -2.43. The SMILES string of the molecule is O=C(Nc1cc(F)c(F)c(F)c1)c1cccc(S(=O)(=O)NC2CCCC2O)c1. The first-order valence-electron chi connectivity index (χ1n) is 8.44. The Morgan fingerprint density at radius 2 is 1.75 bits per heavy atom. The lowest BCUT2D eigenvalue weighted by atomic mass is 10.2. The molecule has 0 heterocycles. The molecule has 6 nitrogen and oxygen atoms in total. The second-order valence-corrected chi connectivity index (χ2v) is 8.18. The van der Waals surface area contributed by atoms with Crippen LogP contribution in [0.2, 0.25) is 0 Å². The summed E-state index contributed by atoms with van der Waals surface area (Å²) in [7, 11) is -3.98. The van der Waals surface area contributed by atoms with E-state index in [2.05, 4.69) is 10.0 Å². The highest BCUT2D eigenvalue weighted by Crippen LogP contribution is 2.22. The first kappa shape index (κ1) is 20.3. The number of sulfonamides is 1. The fourth-order valence-electron chi connectivity index (χ4n) is 2.98. The Bertz CT molecular complexity index is 991. The topological polar surface area (TPSA) is 95.5 Å². The third-order valence-corrected chi connectivity index (χ3v) is 5.92. The average molecular weight is 414 g/mol. The summed E-state index contributed by atoms with van der Waals surface area (Å²) < 4.78 is 66.9. The monoisotopic (exact) mass is 414 g/mol. The fraction of sp³-hybridized carbons (Fsp3) is 0.278. The van der Waals surface area contributed by atoms with E-state index in [9.17, 15) is 31.5 Å². The highest BCUT2D eigenvalue weighted by molar-refractivity contribution is 7.89. The number of anilines is 1. The maximum Gasteiger partial charge on any atom is 0.255 e. The van der Waals surface area contributed by atoms with Gasteiger partial charge >= 0.3 is 0 Å². The molecule has 10 heteroatoms. The Morgan fingerprint density at radius 1 is 1.07 bits per heavy atom. The zero-order valence-electron chi connectivity index (χ0n) is 14.5. The number of amides is 1. The average Bonchev–Trinajstić information content (AvgIpc) is 3.03. The number of nitrogens with one attached hydrogen (secondary N) is 2. The van der Waals surface area contributed by atoms with E-state index >= 15 is 0 Å². The van der Waals surface area contributed by atoms with Crippen LogP contribution in [0.5, 0.6) is 0 Å². The molecule has 0 aromatic heterocycles. The van der Waals surface area contributed by atoms with Gasteiger partial charge in [0.15, 0.2) is 17.5 Å². The number of aliphatic hydroxyl groups is 1. The third-order valence-electron chi connectivity index (χ3n) is 4.43. The van der Waals surface area contributed by atoms with Crippen LogP contribution in [0.25, 0.3) is 0 Å². The summed E-state index contributed by atoms with van der Waals surface area (Å²) in [6.07, 6.45) is 0.925. The Balaban J connectivity index is 1.79. The summed E-state index contributed by atoms with van der Waals surface area (Å²) >= 11 is 0. The van der Waals surface area contributed by atoms with E-state index in [1.54, 1.807) is 0 Å². The second-order valence-electron chi connectivity index (χ2n) is 6.46. The number of carbonyl (C=O) groups excluding carboxylic acids is 1. The van der Waals surface area contributed by atoms with Crippen LogP contribution in [0.15, 0.2) is 41.3 Å². The molecule has 2 aromatic rings. The lowest BCUT2D eigenvalue weighted by molar-refractivity contribution is 0.102. The van der Waals surface area contributed by atoms with Gasteiger partial charge in [-0.1, -0.05) is 6.07 Å². The first-order valence-corrected chi connectivity index (χ1v) is 9.92. The Morgan fingerprint density at radius 3 is 2.36 bits per heavy atom.